The SMILES string of the molecule is CC(C)OCCN1CCC(NC(=O)CC2(O)CCCN(C)C2)CC1. The predicted molar refractivity (Wildman–Crippen MR) is 95.0 cm³/mol. The maximum absolute atomic E-state index is 12.3. The van der Waals surface area contributed by atoms with E-state index in [1.807, 2.05) is 7.05 Å². The minimum Gasteiger partial charge on any atom is -0.388 e. The van der Waals surface area contributed by atoms with Gasteiger partial charge >= 0.3 is 0 Å². The first-order valence-electron chi connectivity index (χ1n) is 9.40. The van der Waals surface area contributed by atoms with Gasteiger partial charge in [0.05, 0.1) is 24.7 Å². The topological polar surface area (TPSA) is 65.0 Å². The molecule has 0 aromatic heterocycles. The molecule has 2 rings (SSSR count). The van der Waals surface area contributed by atoms with Crippen molar-refractivity contribution >= 4 is 5.91 Å². The Labute approximate surface area is 146 Å². The van der Waals surface area contributed by atoms with Gasteiger partial charge in [-0.25, -0.2) is 0 Å². The molecule has 2 saturated heterocycles. The van der Waals surface area contributed by atoms with Gasteiger partial charge in [0, 0.05) is 32.2 Å². The summed E-state index contributed by atoms with van der Waals surface area (Å²) in [7, 11) is 2.00. The minimum atomic E-state index is -0.855. The van der Waals surface area contributed by atoms with Gasteiger partial charge in [0.15, 0.2) is 0 Å². The van der Waals surface area contributed by atoms with Gasteiger partial charge in [0.1, 0.15) is 0 Å². The molecule has 6 heteroatoms. The molecule has 0 bridgehead atoms. The molecule has 1 atom stereocenters. The molecular weight excluding hydrogens is 306 g/mol. The number of rotatable bonds is 7. The summed E-state index contributed by atoms with van der Waals surface area (Å²) in [6, 6.07) is 0.240. The molecule has 2 aliphatic rings. The van der Waals surface area contributed by atoms with Crippen LogP contribution in [0.25, 0.3) is 0 Å². The van der Waals surface area contributed by atoms with Crippen molar-refractivity contribution in [3.05, 3.63) is 0 Å². The molecule has 6 nitrogen and oxygen atoms in total. The number of nitrogens with zero attached hydrogens (tertiary/aromatic N) is 2. The van der Waals surface area contributed by atoms with E-state index in [2.05, 4.69) is 29.0 Å². The van der Waals surface area contributed by atoms with Crippen LogP contribution in [-0.2, 0) is 9.53 Å². The molecule has 0 aromatic rings. The Bertz CT molecular complexity index is 397. The van der Waals surface area contributed by atoms with Gasteiger partial charge < -0.3 is 25.0 Å². The molecule has 0 radical (unpaired) electrons. The van der Waals surface area contributed by atoms with E-state index in [9.17, 15) is 9.90 Å². The van der Waals surface area contributed by atoms with Crippen LogP contribution >= 0.6 is 0 Å². The first-order valence-corrected chi connectivity index (χ1v) is 9.40. The Morgan fingerprint density at radius 2 is 2.04 bits per heavy atom. The maximum atomic E-state index is 12.3. The van der Waals surface area contributed by atoms with Crippen molar-refractivity contribution in [2.24, 2.45) is 0 Å². The zero-order valence-electron chi connectivity index (χ0n) is 15.6. The highest BCUT2D eigenvalue weighted by molar-refractivity contribution is 5.77. The van der Waals surface area contributed by atoms with E-state index in [1.54, 1.807) is 0 Å². The highest BCUT2D eigenvalue weighted by atomic mass is 16.5. The molecule has 2 heterocycles. The Morgan fingerprint density at radius 1 is 1.33 bits per heavy atom. The minimum absolute atomic E-state index is 0.00519. The third-order valence-electron chi connectivity index (χ3n) is 5.05. The quantitative estimate of drug-likeness (QED) is 0.718. The molecule has 2 N–H and O–H groups in total. The van der Waals surface area contributed by atoms with Crippen LogP contribution in [-0.4, -0.2) is 84.9 Å². The van der Waals surface area contributed by atoms with E-state index in [0.717, 1.165) is 58.5 Å². The first-order chi connectivity index (χ1) is 11.4. The predicted octanol–water partition coefficient (Wildman–Crippen LogP) is 0.839. The molecule has 0 aliphatic carbocycles. The number of amides is 1. The molecule has 2 fully saturated rings. The summed E-state index contributed by atoms with van der Waals surface area (Å²) in [5.74, 6) is -0.00519. The normalized spacial score (nSPS) is 27.5. The van der Waals surface area contributed by atoms with Crippen LogP contribution in [0.15, 0.2) is 0 Å². The van der Waals surface area contributed by atoms with E-state index < -0.39 is 5.60 Å². The van der Waals surface area contributed by atoms with Crippen LogP contribution in [0.3, 0.4) is 0 Å². The van der Waals surface area contributed by atoms with E-state index in [1.165, 1.54) is 0 Å². The number of hydrogen-bond donors (Lipinski definition) is 2. The molecule has 0 spiro atoms. The third kappa shape index (κ3) is 6.67. The van der Waals surface area contributed by atoms with Crippen LogP contribution in [0.1, 0.15) is 46.0 Å². The molecule has 1 unspecified atom stereocenters. The van der Waals surface area contributed by atoms with Gasteiger partial charge in [-0.3, -0.25) is 4.79 Å². The second kappa shape index (κ2) is 9.13. The number of likely N-dealkylation sites (N-methyl/N-ethyl adjacent to an activating group) is 1. The van der Waals surface area contributed by atoms with Gasteiger partial charge in [-0.05, 0) is 53.1 Å². The molecule has 0 saturated carbocycles. The zero-order valence-corrected chi connectivity index (χ0v) is 15.6. The maximum Gasteiger partial charge on any atom is 0.223 e. The second-order valence-corrected chi connectivity index (χ2v) is 7.85. The van der Waals surface area contributed by atoms with Gasteiger partial charge in [0.2, 0.25) is 5.91 Å². The summed E-state index contributed by atoms with van der Waals surface area (Å²) in [5.41, 5.74) is -0.855. The molecule has 1 amide bonds. The van der Waals surface area contributed by atoms with E-state index >= 15 is 0 Å². The van der Waals surface area contributed by atoms with Gasteiger partial charge in [-0.1, -0.05) is 0 Å². The third-order valence-corrected chi connectivity index (χ3v) is 5.05. The second-order valence-electron chi connectivity index (χ2n) is 7.85. The van der Waals surface area contributed by atoms with E-state index in [0.29, 0.717) is 6.54 Å². The molecule has 140 valence electrons. The number of hydrogen-bond acceptors (Lipinski definition) is 5. The Morgan fingerprint density at radius 3 is 2.67 bits per heavy atom. The zero-order chi connectivity index (χ0) is 17.6. The van der Waals surface area contributed by atoms with Crippen molar-refractivity contribution in [2.75, 3.05) is 46.4 Å². The fraction of sp³-hybridized carbons (Fsp3) is 0.944. The van der Waals surface area contributed by atoms with Crippen LogP contribution < -0.4 is 5.32 Å². The summed E-state index contributed by atoms with van der Waals surface area (Å²) >= 11 is 0. The summed E-state index contributed by atoms with van der Waals surface area (Å²) in [5, 5.41) is 13.7. The van der Waals surface area contributed by atoms with Crippen molar-refractivity contribution in [2.45, 2.75) is 63.7 Å². The number of likely N-dealkylation sites (tertiary alicyclic amines) is 2. The summed E-state index contributed by atoms with van der Waals surface area (Å²) in [6.45, 7) is 9.44. The monoisotopic (exact) mass is 341 g/mol. The largest absolute Gasteiger partial charge is 0.388 e. The lowest BCUT2D eigenvalue weighted by atomic mass is 9.89. The lowest BCUT2D eigenvalue weighted by Gasteiger charge is -2.38. The summed E-state index contributed by atoms with van der Waals surface area (Å²) in [4.78, 5) is 16.8. The fourth-order valence-electron chi connectivity index (χ4n) is 3.78. The Kier molecular flexibility index (Phi) is 7.47. The number of carbonyl (C=O) groups excluding carboxylic acids is 1. The number of ether oxygens (including phenoxy) is 1. The molecular formula is C18H35N3O3. The highest BCUT2D eigenvalue weighted by Gasteiger charge is 2.34. The van der Waals surface area contributed by atoms with Crippen molar-refractivity contribution in [1.29, 1.82) is 0 Å². The van der Waals surface area contributed by atoms with E-state index in [-0.39, 0.29) is 24.5 Å². The summed E-state index contributed by atoms with van der Waals surface area (Å²) < 4.78 is 5.60. The van der Waals surface area contributed by atoms with Crippen molar-refractivity contribution in [3.63, 3.8) is 0 Å². The van der Waals surface area contributed by atoms with Crippen molar-refractivity contribution in [1.82, 2.24) is 15.1 Å². The number of aliphatic hydroxyl groups is 1. The highest BCUT2D eigenvalue weighted by Crippen LogP contribution is 2.23. The molecule has 2 aliphatic heterocycles. The standard InChI is InChI=1S/C18H35N3O3/c1-15(2)24-12-11-21-9-5-16(6-10-21)19-17(22)13-18(23)7-4-8-20(3)14-18/h15-16,23H,4-14H2,1-3H3,(H,19,22). The average Bonchev–Trinajstić information content (AvgIpc) is 2.47. The lowest BCUT2D eigenvalue weighted by molar-refractivity contribution is -0.129. The number of nitrogens with one attached hydrogen (secondary N) is 1. The van der Waals surface area contributed by atoms with Gasteiger partial charge in [-0.15, -0.1) is 0 Å². The van der Waals surface area contributed by atoms with Gasteiger partial charge in [-0.2, -0.15) is 0 Å². The molecule has 24 heavy (non-hydrogen) atoms. The van der Waals surface area contributed by atoms with Crippen LogP contribution in [0.5, 0.6) is 0 Å². The Balaban J connectivity index is 1.65. The number of β-amino-alcohol motifs (C(OH)–C–C–N with tert-alkyl or cyclic N) is 1. The van der Waals surface area contributed by atoms with Gasteiger partial charge in [0.25, 0.3) is 0 Å². The first kappa shape index (κ1) is 19.6. The van der Waals surface area contributed by atoms with E-state index in [4.69, 9.17) is 4.74 Å². The van der Waals surface area contributed by atoms with Crippen LogP contribution in [0.2, 0.25) is 0 Å². The fourth-order valence-corrected chi connectivity index (χ4v) is 3.78. The Hall–Kier alpha value is -0.690. The smallest absolute Gasteiger partial charge is 0.223 e. The van der Waals surface area contributed by atoms with Crippen molar-refractivity contribution in [3.8, 4) is 0 Å². The number of piperidine rings is 2. The summed E-state index contributed by atoms with van der Waals surface area (Å²) in [6.07, 6.45) is 4.14. The van der Waals surface area contributed by atoms with Crippen molar-refractivity contribution < 1.29 is 14.6 Å². The van der Waals surface area contributed by atoms with Crippen LogP contribution in [0.4, 0.5) is 0 Å². The number of carbonyl (C=O) groups is 1. The van der Waals surface area contributed by atoms with Crippen LogP contribution in [0, 0.1) is 0 Å². The average molecular weight is 341 g/mol. The molecule has 0 aromatic carbocycles. The lowest BCUT2D eigenvalue weighted by Crippen LogP contribution is -2.51.